The number of hydrogen-bond donors (Lipinski definition) is 2. The van der Waals surface area contributed by atoms with Gasteiger partial charge in [0, 0.05) is 11.8 Å². The van der Waals surface area contributed by atoms with Crippen LogP contribution in [0, 0.1) is 5.92 Å². The molecule has 9 heteroatoms. The lowest BCUT2D eigenvalue weighted by molar-refractivity contribution is -0.899. The smallest absolute Gasteiger partial charge is 0.466 e. The van der Waals surface area contributed by atoms with Gasteiger partial charge in [-0.25, -0.2) is 0 Å². The second-order valence-corrected chi connectivity index (χ2v) is 6.35. The molecule has 0 radical (unpaired) electrons. The maximum Gasteiger partial charge on any atom is 0.586 e. The third-order valence-corrected chi connectivity index (χ3v) is 4.33. The molecule has 1 aromatic rings. The number of benzene rings is 1. The van der Waals surface area contributed by atoms with Crippen LogP contribution in [0.25, 0.3) is 0 Å². The minimum Gasteiger partial charge on any atom is -0.466 e. The number of anilines is 1. The number of fused-ring (bicyclic) bond motifs is 1. The summed E-state index contributed by atoms with van der Waals surface area (Å²) in [5.74, 6) is -0.886. The maximum absolute atomic E-state index is 13.0. The Bertz CT molecular complexity index is 698. The van der Waals surface area contributed by atoms with Crippen LogP contribution in [0.15, 0.2) is 18.2 Å². The predicted molar refractivity (Wildman–Crippen MR) is 86.2 cm³/mol. The normalized spacial score (nSPS) is 23.3. The number of likely N-dealkylation sites (tertiary alicyclic amines) is 1. The fourth-order valence-electron chi connectivity index (χ4n) is 3.23. The number of nitrogens with one attached hydrogen (secondary N) is 2. The van der Waals surface area contributed by atoms with Crippen LogP contribution < -0.4 is 19.7 Å². The molecule has 142 valence electrons. The molecule has 0 saturated carbocycles. The average molecular weight is 371 g/mol. The zero-order valence-corrected chi connectivity index (χ0v) is 14.3. The molecule has 0 aromatic heterocycles. The Morgan fingerprint density at radius 3 is 2.88 bits per heavy atom. The van der Waals surface area contributed by atoms with Crippen LogP contribution in [-0.4, -0.2) is 44.4 Å². The highest BCUT2D eigenvalue weighted by molar-refractivity contribution is 5.91. The molecule has 1 amide bonds. The first-order chi connectivity index (χ1) is 12.4. The number of alkyl halides is 2. The van der Waals surface area contributed by atoms with Crippen molar-refractivity contribution in [1.29, 1.82) is 0 Å². The molecule has 1 fully saturated rings. The van der Waals surface area contributed by atoms with E-state index >= 15 is 0 Å². The van der Waals surface area contributed by atoms with E-state index in [4.69, 9.17) is 4.74 Å². The molecule has 3 rings (SSSR count). The van der Waals surface area contributed by atoms with Gasteiger partial charge in [-0.15, -0.1) is 8.78 Å². The minimum absolute atomic E-state index is 0.0769. The lowest BCUT2D eigenvalue weighted by Crippen LogP contribution is -3.14. The Morgan fingerprint density at radius 2 is 2.12 bits per heavy atom. The predicted octanol–water partition coefficient (Wildman–Crippen LogP) is 0.805. The highest BCUT2D eigenvalue weighted by Gasteiger charge is 2.43. The molecule has 1 aromatic carbocycles. The van der Waals surface area contributed by atoms with Gasteiger partial charge < -0.3 is 24.4 Å². The van der Waals surface area contributed by atoms with Crippen molar-refractivity contribution in [1.82, 2.24) is 0 Å². The third-order valence-electron chi connectivity index (χ3n) is 4.33. The van der Waals surface area contributed by atoms with Crippen molar-refractivity contribution in [2.75, 3.05) is 31.6 Å². The van der Waals surface area contributed by atoms with Gasteiger partial charge in [0.1, 0.15) is 5.92 Å². The van der Waals surface area contributed by atoms with Gasteiger partial charge >= 0.3 is 12.3 Å². The second-order valence-electron chi connectivity index (χ2n) is 6.35. The summed E-state index contributed by atoms with van der Waals surface area (Å²) in [4.78, 5) is 25.1. The first-order valence-electron chi connectivity index (χ1n) is 8.56. The van der Waals surface area contributed by atoms with E-state index in [-0.39, 0.29) is 35.8 Å². The molecule has 0 spiro atoms. The summed E-state index contributed by atoms with van der Waals surface area (Å²) in [5, 5.41) is 2.66. The Balaban J connectivity index is 1.54. The molecule has 0 aliphatic carbocycles. The Labute approximate surface area is 149 Å². The van der Waals surface area contributed by atoms with E-state index in [9.17, 15) is 18.4 Å². The summed E-state index contributed by atoms with van der Waals surface area (Å²) in [6.07, 6.45) is -2.09. The van der Waals surface area contributed by atoms with Crippen molar-refractivity contribution in [3.05, 3.63) is 18.2 Å². The Kier molecular flexibility index (Phi) is 5.26. The van der Waals surface area contributed by atoms with Gasteiger partial charge in [0.15, 0.2) is 18.0 Å². The number of halogens is 2. The number of carbonyl (C=O) groups excluding carboxylic acids is 2. The molecule has 2 aliphatic rings. The average Bonchev–Trinajstić information content (AvgIpc) is 2.88. The van der Waals surface area contributed by atoms with Crippen LogP contribution in [0.4, 0.5) is 14.5 Å². The number of piperidine rings is 1. The first-order valence-corrected chi connectivity index (χ1v) is 8.56. The SMILES string of the molecule is CCOC(=O)[C@H]1CCC[NH+](CC(=O)Nc2ccc3c(c2)OC(F)(F)O3)C1. The van der Waals surface area contributed by atoms with Gasteiger partial charge in [0.05, 0.1) is 19.7 Å². The summed E-state index contributed by atoms with van der Waals surface area (Å²) < 4.78 is 39.8. The van der Waals surface area contributed by atoms with Crippen molar-refractivity contribution in [3.63, 3.8) is 0 Å². The Morgan fingerprint density at radius 1 is 1.35 bits per heavy atom. The van der Waals surface area contributed by atoms with Crippen LogP contribution in [-0.2, 0) is 14.3 Å². The van der Waals surface area contributed by atoms with Gasteiger partial charge in [0.25, 0.3) is 5.91 Å². The van der Waals surface area contributed by atoms with Crippen molar-refractivity contribution in [2.24, 2.45) is 5.92 Å². The molecule has 7 nitrogen and oxygen atoms in total. The van der Waals surface area contributed by atoms with Crippen LogP contribution in [0.3, 0.4) is 0 Å². The minimum atomic E-state index is -3.69. The summed E-state index contributed by atoms with van der Waals surface area (Å²) in [6.45, 7) is 3.62. The van der Waals surface area contributed by atoms with E-state index < -0.39 is 6.29 Å². The number of rotatable bonds is 5. The van der Waals surface area contributed by atoms with E-state index in [1.165, 1.54) is 18.2 Å². The van der Waals surface area contributed by atoms with Crippen molar-refractivity contribution < 1.29 is 37.5 Å². The maximum atomic E-state index is 13.0. The molecule has 2 heterocycles. The van der Waals surface area contributed by atoms with Gasteiger partial charge in [-0.3, -0.25) is 9.59 Å². The standard InChI is InChI=1S/C17H20F2N2O5/c1-2-24-16(23)11-4-3-7-21(9-11)10-15(22)20-12-5-6-13-14(8-12)26-17(18,19)25-13/h5-6,8,11H,2-4,7,9-10H2,1H3,(H,20,22)/p+1/t11-/m0/s1. The number of esters is 1. The van der Waals surface area contributed by atoms with E-state index in [0.29, 0.717) is 18.8 Å². The molecule has 2 N–H and O–H groups in total. The van der Waals surface area contributed by atoms with Crippen molar-refractivity contribution >= 4 is 17.6 Å². The van der Waals surface area contributed by atoms with Gasteiger partial charge in [-0.1, -0.05) is 0 Å². The molecular formula is C17H21F2N2O5+. The molecule has 1 saturated heterocycles. The van der Waals surface area contributed by atoms with Crippen LogP contribution >= 0.6 is 0 Å². The highest BCUT2D eigenvalue weighted by atomic mass is 19.3. The van der Waals surface area contributed by atoms with E-state index in [1.807, 2.05) is 0 Å². The third kappa shape index (κ3) is 4.40. The largest absolute Gasteiger partial charge is 0.586 e. The molecule has 0 bridgehead atoms. The topological polar surface area (TPSA) is 78.3 Å². The van der Waals surface area contributed by atoms with Crippen LogP contribution in [0.5, 0.6) is 11.5 Å². The Hall–Kier alpha value is -2.42. The van der Waals surface area contributed by atoms with E-state index in [1.54, 1.807) is 6.92 Å². The van der Waals surface area contributed by atoms with Crippen LogP contribution in [0.2, 0.25) is 0 Å². The number of quaternary nitrogens is 1. The van der Waals surface area contributed by atoms with Gasteiger partial charge in [0.2, 0.25) is 0 Å². The van der Waals surface area contributed by atoms with E-state index in [0.717, 1.165) is 24.3 Å². The first kappa shape index (κ1) is 18.4. The number of amides is 1. The fraction of sp³-hybridized carbons (Fsp3) is 0.529. The summed E-state index contributed by atoms with van der Waals surface area (Å²) in [5.41, 5.74) is 0.341. The zero-order valence-electron chi connectivity index (χ0n) is 14.3. The number of ether oxygens (including phenoxy) is 3. The molecule has 2 atom stereocenters. The van der Waals surface area contributed by atoms with Gasteiger partial charge in [-0.2, -0.15) is 0 Å². The number of carbonyl (C=O) groups is 2. The van der Waals surface area contributed by atoms with Crippen LogP contribution in [0.1, 0.15) is 19.8 Å². The molecule has 26 heavy (non-hydrogen) atoms. The van der Waals surface area contributed by atoms with Gasteiger partial charge in [-0.05, 0) is 31.9 Å². The lowest BCUT2D eigenvalue weighted by atomic mass is 9.98. The molecule has 2 aliphatic heterocycles. The number of hydrogen-bond acceptors (Lipinski definition) is 5. The van der Waals surface area contributed by atoms with Crippen molar-refractivity contribution in [3.8, 4) is 11.5 Å². The fourth-order valence-corrected chi connectivity index (χ4v) is 3.23. The summed E-state index contributed by atoms with van der Waals surface area (Å²) in [7, 11) is 0. The lowest BCUT2D eigenvalue weighted by Gasteiger charge is -2.28. The summed E-state index contributed by atoms with van der Waals surface area (Å²) >= 11 is 0. The zero-order chi connectivity index (χ0) is 18.7. The monoisotopic (exact) mass is 371 g/mol. The van der Waals surface area contributed by atoms with Crippen molar-refractivity contribution in [2.45, 2.75) is 26.1 Å². The van der Waals surface area contributed by atoms with E-state index in [2.05, 4.69) is 14.8 Å². The quantitative estimate of drug-likeness (QED) is 0.749. The summed E-state index contributed by atoms with van der Waals surface area (Å²) in [6, 6.07) is 4.08. The molecular weight excluding hydrogens is 350 g/mol. The molecule has 1 unspecified atom stereocenters. The highest BCUT2D eigenvalue weighted by Crippen LogP contribution is 2.42. The second kappa shape index (κ2) is 7.45.